The lowest BCUT2D eigenvalue weighted by atomic mass is 10.2. The third kappa shape index (κ3) is 2.29. The molecule has 0 fully saturated rings. The smallest absolute Gasteiger partial charge is 0.259 e. The number of aromatic nitrogens is 4. The van der Waals surface area contributed by atoms with E-state index in [-0.39, 0.29) is 5.69 Å². The minimum Gasteiger partial charge on any atom is -0.259 e. The Kier molecular flexibility index (Phi) is 3.12. The van der Waals surface area contributed by atoms with Crippen molar-refractivity contribution >= 4 is 33.2 Å². The molecule has 96 valence electrons. The van der Waals surface area contributed by atoms with Crippen molar-refractivity contribution < 1.29 is 0 Å². The van der Waals surface area contributed by atoms with Gasteiger partial charge in [0, 0.05) is 21.9 Å². The molecule has 0 saturated carbocycles. The van der Waals surface area contributed by atoms with Crippen LogP contribution >= 0.6 is 27.5 Å². The van der Waals surface area contributed by atoms with Gasteiger partial charge in [0.15, 0.2) is 5.65 Å². The quantitative estimate of drug-likeness (QED) is 0.720. The molecule has 0 spiro atoms. The predicted molar refractivity (Wildman–Crippen MR) is 75.5 cm³/mol. The molecule has 2 aromatic heterocycles. The standard InChI is InChI=1S/C12H8BrClN4O/c13-9-2-1-8(10(14)5-9)7-18-12(19)17-4-3-15-6-11(17)16-18/h1-6H,7H2. The van der Waals surface area contributed by atoms with E-state index in [0.717, 1.165) is 10.0 Å². The number of hydrogen-bond acceptors (Lipinski definition) is 3. The van der Waals surface area contributed by atoms with Gasteiger partial charge < -0.3 is 0 Å². The SMILES string of the molecule is O=c1n(Cc2ccc(Br)cc2Cl)nc2cnccn12. The van der Waals surface area contributed by atoms with Gasteiger partial charge in [0.25, 0.3) is 0 Å². The highest BCUT2D eigenvalue weighted by atomic mass is 79.9. The van der Waals surface area contributed by atoms with Gasteiger partial charge in [-0.25, -0.2) is 13.9 Å². The Hall–Kier alpha value is -1.66. The molecule has 0 bridgehead atoms. The summed E-state index contributed by atoms with van der Waals surface area (Å²) in [6, 6.07) is 5.53. The van der Waals surface area contributed by atoms with Crippen LogP contribution < -0.4 is 5.69 Å². The maximum Gasteiger partial charge on any atom is 0.350 e. The number of benzene rings is 1. The second-order valence-corrected chi connectivity index (χ2v) is 5.30. The van der Waals surface area contributed by atoms with Gasteiger partial charge in [-0.05, 0) is 17.7 Å². The average Bonchev–Trinajstić information content (AvgIpc) is 2.70. The van der Waals surface area contributed by atoms with E-state index in [1.807, 2.05) is 12.1 Å². The van der Waals surface area contributed by atoms with Gasteiger partial charge in [0.2, 0.25) is 0 Å². The summed E-state index contributed by atoms with van der Waals surface area (Å²) in [5, 5.41) is 4.80. The summed E-state index contributed by atoms with van der Waals surface area (Å²) in [4.78, 5) is 16.0. The number of nitrogens with zero attached hydrogens (tertiary/aromatic N) is 4. The molecule has 0 aliphatic rings. The fourth-order valence-electron chi connectivity index (χ4n) is 1.79. The van der Waals surface area contributed by atoms with E-state index in [0.29, 0.717) is 17.2 Å². The first-order chi connectivity index (χ1) is 9.15. The molecule has 3 rings (SSSR count). The van der Waals surface area contributed by atoms with Gasteiger partial charge >= 0.3 is 5.69 Å². The molecule has 1 aromatic carbocycles. The Labute approximate surface area is 121 Å². The third-order valence-electron chi connectivity index (χ3n) is 2.72. The van der Waals surface area contributed by atoms with Crippen LogP contribution in [0.5, 0.6) is 0 Å². The molecule has 0 aliphatic carbocycles. The van der Waals surface area contributed by atoms with Crippen molar-refractivity contribution in [2.45, 2.75) is 6.54 Å². The Morgan fingerprint density at radius 2 is 2.21 bits per heavy atom. The van der Waals surface area contributed by atoms with Gasteiger partial charge in [0.1, 0.15) is 0 Å². The highest BCUT2D eigenvalue weighted by molar-refractivity contribution is 9.10. The molecular formula is C12H8BrClN4O. The Bertz CT molecular complexity index is 811. The van der Waals surface area contributed by atoms with E-state index in [1.165, 1.54) is 9.08 Å². The maximum atomic E-state index is 12.1. The van der Waals surface area contributed by atoms with E-state index in [2.05, 4.69) is 26.0 Å². The molecule has 0 saturated heterocycles. The molecule has 2 heterocycles. The summed E-state index contributed by atoms with van der Waals surface area (Å²) in [5.74, 6) is 0. The normalized spacial score (nSPS) is 11.1. The number of rotatable bonds is 2. The van der Waals surface area contributed by atoms with Crippen LogP contribution in [0.2, 0.25) is 5.02 Å². The number of fused-ring (bicyclic) bond motifs is 1. The van der Waals surface area contributed by atoms with E-state index in [9.17, 15) is 4.79 Å². The zero-order chi connectivity index (χ0) is 13.4. The monoisotopic (exact) mass is 338 g/mol. The van der Waals surface area contributed by atoms with Crippen LogP contribution in [0, 0.1) is 0 Å². The van der Waals surface area contributed by atoms with Crippen molar-refractivity contribution in [2.24, 2.45) is 0 Å². The molecule has 0 radical (unpaired) electrons. The first kappa shape index (κ1) is 12.4. The molecule has 3 aromatic rings. The molecule has 0 N–H and O–H groups in total. The average molecular weight is 340 g/mol. The van der Waals surface area contributed by atoms with Gasteiger partial charge in [-0.15, -0.1) is 5.10 Å². The summed E-state index contributed by atoms with van der Waals surface area (Å²) in [7, 11) is 0. The molecule has 19 heavy (non-hydrogen) atoms. The van der Waals surface area contributed by atoms with Crippen molar-refractivity contribution in [1.82, 2.24) is 19.2 Å². The van der Waals surface area contributed by atoms with E-state index < -0.39 is 0 Å². The van der Waals surface area contributed by atoms with E-state index in [4.69, 9.17) is 11.6 Å². The van der Waals surface area contributed by atoms with Crippen LogP contribution in [-0.4, -0.2) is 19.2 Å². The lowest BCUT2D eigenvalue weighted by molar-refractivity contribution is 0.659. The molecule has 5 nitrogen and oxygen atoms in total. The van der Waals surface area contributed by atoms with Gasteiger partial charge in [-0.2, -0.15) is 0 Å². The third-order valence-corrected chi connectivity index (χ3v) is 3.57. The predicted octanol–water partition coefficient (Wildman–Crippen LogP) is 2.36. The van der Waals surface area contributed by atoms with Gasteiger partial charge in [0.05, 0.1) is 12.7 Å². The minimum absolute atomic E-state index is 0.212. The topological polar surface area (TPSA) is 52.2 Å². The minimum atomic E-state index is -0.212. The van der Waals surface area contributed by atoms with Crippen LogP contribution in [-0.2, 0) is 6.54 Å². The van der Waals surface area contributed by atoms with Crippen LogP contribution in [0.15, 0.2) is 46.1 Å². The van der Waals surface area contributed by atoms with Crippen molar-refractivity contribution in [3.05, 3.63) is 62.3 Å². The second-order valence-electron chi connectivity index (χ2n) is 3.98. The summed E-state index contributed by atoms with van der Waals surface area (Å²) in [5.41, 5.74) is 1.14. The van der Waals surface area contributed by atoms with E-state index in [1.54, 1.807) is 24.7 Å². The Morgan fingerprint density at radius 3 is 2.95 bits per heavy atom. The molecule has 0 amide bonds. The first-order valence-corrected chi connectivity index (χ1v) is 6.65. The lowest BCUT2D eigenvalue weighted by Gasteiger charge is -2.03. The fourth-order valence-corrected chi connectivity index (χ4v) is 2.53. The second kappa shape index (κ2) is 4.79. The summed E-state index contributed by atoms with van der Waals surface area (Å²) in [6.07, 6.45) is 4.68. The Balaban J connectivity index is 2.06. The summed E-state index contributed by atoms with van der Waals surface area (Å²) in [6.45, 7) is 0.326. The lowest BCUT2D eigenvalue weighted by Crippen LogP contribution is -2.21. The van der Waals surface area contributed by atoms with Gasteiger partial charge in [-0.3, -0.25) is 4.98 Å². The summed E-state index contributed by atoms with van der Waals surface area (Å²) >= 11 is 9.48. The Morgan fingerprint density at radius 1 is 1.37 bits per heavy atom. The van der Waals surface area contributed by atoms with Crippen LogP contribution in [0.3, 0.4) is 0 Å². The van der Waals surface area contributed by atoms with Crippen molar-refractivity contribution in [3.8, 4) is 0 Å². The first-order valence-electron chi connectivity index (χ1n) is 5.48. The van der Waals surface area contributed by atoms with Crippen molar-refractivity contribution in [2.75, 3.05) is 0 Å². The van der Waals surface area contributed by atoms with Gasteiger partial charge in [-0.1, -0.05) is 33.6 Å². The van der Waals surface area contributed by atoms with Crippen molar-refractivity contribution in [3.63, 3.8) is 0 Å². The highest BCUT2D eigenvalue weighted by Gasteiger charge is 2.09. The maximum absolute atomic E-state index is 12.1. The number of halogens is 2. The summed E-state index contributed by atoms with van der Waals surface area (Å²) < 4.78 is 3.71. The van der Waals surface area contributed by atoms with Crippen LogP contribution in [0.4, 0.5) is 0 Å². The number of hydrogen-bond donors (Lipinski definition) is 0. The molecule has 7 heteroatoms. The molecule has 0 atom stereocenters. The van der Waals surface area contributed by atoms with Crippen LogP contribution in [0.25, 0.3) is 5.65 Å². The molecular weight excluding hydrogens is 332 g/mol. The van der Waals surface area contributed by atoms with E-state index >= 15 is 0 Å². The zero-order valence-corrected chi connectivity index (χ0v) is 12.0. The molecule has 0 unspecified atom stereocenters. The molecule has 0 aliphatic heterocycles. The highest BCUT2D eigenvalue weighted by Crippen LogP contribution is 2.21. The largest absolute Gasteiger partial charge is 0.350 e. The fraction of sp³-hybridized carbons (Fsp3) is 0.0833. The van der Waals surface area contributed by atoms with Crippen molar-refractivity contribution in [1.29, 1.82) is 0 Å². The van der Waals surface area contributed by atoms with Crippen LogP contribution in [0.1, 0.15) is 5.56 Å². The zero-order valence-electron chi connectivity index (χ0n) is 9.62.